The molecule has 0 aliphatic carbocycles. The van der Waals surface area contributed by atoms with E-state index in [2.05, 4.69) is 10.3 Å². The van der Waals surface area contributed by atoms with E-state index in [0.717, 1.165) is 16.5 Å². The number of rotatable bonds is 6. The molecule has 2 amide bonds. The van der Waals surface area contributed by atoms with Crippen molar-refractivity contribution in [3.05, 3.63) is 120 Å². The maximum atomic E-state index is 13.6. The summed E-state index contributed by atoms with van der Waals surface area (Å²) in [5.41, 5.74) is 1.15. The Balaban J connectivity index is 1.49. The van der Waals surface area contributed by atoms with Crippen molar-refractivity contribution in [1.82, 2.24) is 4.98 Å². The third-order valence-electron chi connectivity index (χ3n) is 5.63. The number of alkyl halides is 3. The largest absolute Gasteiger partial charge is 0.419 e. The number of amides is 2. The van der Waals surface area contributed by atoms with Crippen LogP contribution in [0.15, 0.2) is 97.2 Å². The molecule has 0 fully saturated rings. The second-order valence-electron chi connectivity index (χ2n) is 8.23. The van der Waals surface area contributed by atoms with Gasteiger partial charge < -0.3 is 10.2 Å². The fourth-order valence-corrected chi connectivity index (χ4v) is 3.71. The normalized spacial score (nSPS) is 11.4. The maximum absolute atomic E-state index is 13.6. The van der Waals surface area contributed by atoms with Gasteiger partial charge in [0.25, 0.3) is 5.91 Å². The maximum Gasteiger partial charge on any atom is 0.419 e. The molecule has 9 heteroatoms. The first-order valence-electron chi connectivity index (χ1n) is 11.4. The van der Waals surface area contributed by atoms with Gasteiger partial charge in [0.2, 0.25) is 5.91 Å². The summed E-state index contributed by atoms with van der Waals surface area (Å²) in [6, 6.07) is 21.3. The summed E-state index contributed by atoms with van der Waals surface area (Å²) in [7, 11) is 1.30. The summed E-state index contributed by atoms with van der Waals surface area (Å²) in [6.07, 6.45) is -0.425. The minimum Gasteiger partial charge on any atom is -0.322 e. The van der Waals surface area contributed by atoms with Crippen LogP contribution < -0.4 is 10.2 Å². The van der Waals surface area contributed by atoms with E-state index in [4.69, 9.17) is 0 Å². The first-order valence-corrected chi connectivity index (χ1v) is 11.4. The highest BCUT2D eigenvalue weighted by molar-refractivity contribution is 6.07. The highest BCUT2D eigenvalue weighted by atomic mass is 19.4. The van der Waals surface area contributed by atoms with E-state index in [1.54, 1.807) is 36.5 Å². The molecule has 0 aliphatic heterocycles. The molecular formula is C29H21F4N3O2. The van der Waals surface area contributed by atoms with Crippen LogP contribution in [-0.2, 0) is 11.0 Å². The molecule has 1 N–H and O–H groups in total. The van der Waals surface area contributed by atoms with E-state index in [1.165, 1.54) is 31.3 Å². The third kappa shape index (κ3) is 6.12. The number of nitrogens with one attached hydrogen (secondary N) is 1. The van der Waals surface area contributed by atoms with Gasteiger partial charge in [-0.25, -0.2) is 4.39 Å². The summed E-state index contributed by atoms with van der Waals surface area (Å²) < 4.78 is 52.9. The van der Waals surface area contributed by atoms with Crippen molar-refractivity contribution in [2.24, 2.45) is 0 Å². The molecule has 0 saturated carbocycles. The monoisotopic (exact) mass is 519 g/mol. The van der Waals surface area contributed by atoms with Gasteiger partial charge in [-0.05, 0) is 60.2 Å². The van der Waals surface area contributed by atoms with Gasteiger partial charge in [0.1, 0.15) is 5.82 Å². The van der Waals surface area contributed by atoms with Gasteiger partial charge >= 0.3 is 6.18 Å². The number of para-hydroxylation sites is 1. The van der Waals surface area contributed by atoms with Crippen molar-refractivity contribution in [3.8, 4) is 11.3 Å². The molecule has 0 atom stereocenters. The SMILES string of the molecule is CN(C(=O)c1cccc(/C=C/C(=O)Nc2ccccc2-c2ccccn2)c1)c1ccc(F)c(C(F)(F)F)c1. The third-order valence-corrected chi connectivity index (χ3v) is 5.63. The number of hydrogen-bond acceptors (Lipinski definition) is 3. The van der Waals surface area contributed by atoms with Gasteiger partial charge in [-0.15, -0.1) is 0 Å². The predicted octanol–water partition coefficient (Wildman–Crippen LogP) is 6.84. The molecule has 0 radical (unpaired) electrons. The lowest BCUT2D eigenvalue weighted by atomic mass is 10.1. The Bertz CT molecular complexity index is 1500. The van der Waals surface area contributed by atoms with Crippen molar-refractivity contribution < 1.29 is 27.2 Å². The Morgan fingerprint density at radius 3 is 2.42 bits per heavy atom. The van der Waals surface area contributed by atoms with E-state index >= 15 is 0 Å². The van der Waals surface area contributed by atoms with Crippen molar-refractivity contribution >= 4 is 29.3 Å². The first kappa shape index (κ1) is 26.3. The van der Waals surface area contributed by atoms with Crippen molar-refractivity contribution in [2.45, 2.75) is 6.18 Å². The van der Waals surface area contributed by atoms with Gasteiger partial charge in [0.05, 0.1) is 16.9 Å². The predicted molar refractivity (Wildman–Crippen MR) is 138 cm³/mol. The number of carbonyl (C=O) groups is 2. The van der Waals surface area contributed by atoms with Crippen molar-refractivity contribution in [1.29, 1.82) is 0 Å². The number of anilines is 2. The van der Waals surface area contributed by atoms with Crippen LogP contribution in [0.2, 0.25) is 0 Å². The molecule has 0 saturated heterocycles. The molecule has 0 bridgehead atoms. The number of hydrogen-bond donors (Lipinski definition) is 1. The number of halogens is 4. The van der Waals surface area contributed by atoms with Crippen LogP contribution in [-0.4, -0.2) is 23.8 Å². The average Bonchev–Trinajstić information content (AvgIpc) is 2.91. The van der Waals surface area contributed by atoms with E-state index < -0.39 is 29.4 Å². The van der Waals surface area contributed by atoms with Crippen LogP contribution in [0.5, 0.6) is 0 Å². The lowest BCUT2D eigenvalue weighted by molar-refractivity contribution is -0.140. The molecule has 0 spiro atoms. The molecule has 1 heterocycles. The van der Waals surface area contributed by atoms with Gasteiger partial charge in [0, 0.05) is 36.1 Å². The van der Waals surface area contributed by atoms with E-state index in [1.807, 2.05) is 24.3 Å². The number of carbonyl (C=O) groups excluding carboxylic acids is 2. The minimum atomic E-state index is -4.90. The summed E-state index contributed by atoms with van der Waals surface area (Å²) in [4.78, 5) is 30.9. The number of benzene rings is 3. The summed E-state index contributed by atoms with van der Waals surface area (Å²) in [6.45, 7) is 0. The quantitative estimate of drug-likeness (QED) is 0.224. The Morgan fingerprint density at radius 2 is 1.68 bits per heavy atom. The molecule has 4 rings (SSSR count). The second-order valence-corrected chi connectivity index (χ2v) is 8.23. The van der Waals surface area contributed by atoms with E-state index in [9.17, 15) is 27.2 Å². The lowest BCUT2D eigenvalue weighted by Gasteiger charge is -2.19. The van der Waals surface area contributed by atoms with Gasteiger partial charge in [-0.1, -0.05) is 36.4 Å². The zero-order valence-electron chi connectivity index (χ0n) is 20.0. The molecular weight excluding hydrogens is 498 g/mol. The zero-order chi connectivity index (χ0) is 27.3. The van der Waals surface area contributed by atoms with Gasteiger partial charge in [-0.2, -0.15) is 13.2 Å². The molecule has 5 nitrogen and oxygen atoms in total. The Hall–Kier alpha value is -4.79. The standard InChI is InChI=1S/C29H21F4N3O2/c1-36(21-13-14-24(30)23(18-21)29(31,32)33)28(38)20-8-6-7-19(17-20)12-15-27(37)35-26-11-3-2-9-22(26)25-10-4-5-16-34-25/h2-18H,1H3,(H,35,37)/b15-12+. The summed E-state index contributed by atoms with van der Waals surface area (Å²) in [5.74, 6) is -2.43. The van der Waals surface area contributed by atoms with Gasteiger partial charge in [0.15, 0.2) is 0 Å². The Kier molecular flexibility index (Phi) is 7.66. The second kappa shape index (κ2) is 11.1. The number of nitrogens with zero attached hydrogens (tertiary/aromatic N) is 2. The van der Waals surface area contributed by atoms with Crippen LogP contribution in [0.25, 0.3) is 17.3 Å². The van der Waals surface area contributed by atoms with Crippen molar-refractivity contribution in [2.75, 3.05) is 17.3 Å². The number of aromatic nitrogens is 1. The first-order chi connectivity index (χ1) is 18.1. The smallest absolute Gasteiger partial charge is 0.322 e. The Labute approximate surface area is 216 Å². The van der Waals surface area contributed by atoms with E-state index in [-0.39, 0.29) is 11.3 Å². The molecule has 4 aromatic rings. The molecule has 3 aromatic carbocycles. The molecule has 0 unspecified atom stereocenters. The average molecular weight is 519 g/mol. The van der Waals surface area contributed by atoms with Crippen LogP contribution in [0, 0.1) is 5.82 Å². The lowest BCUT2D eigenvalue weighted by Crippen LogP contribution is -2.26. The van der Waals surface area contributed by atoms with Crippen LogP contribution in [0.4, 0.5) is 28.9 Å². The highest BCUT2D eigenvalue weighted by Crippen LogP contribution is 2.34. The fraction of sp³-hybridized carbons (Fsp3) is 0.0690. The summed E-state index contributed by atoms with van der Waals surface area (Å²) in [5, 5.41) is 2.81. The van der Waals surface area contributed by atoms with Crippen molar-refractivity contribution in [3.63, 3.8) is 0 Å². The highest BCUT2D eigenvalue weighted by Gasteiger charge is 2.34. The summed E-state index contributed by atoms with van der Waals surface area (Å²) >= 11 is 0. The van der Waals surface area contributed by atoms with E-state index in [0.29, 0.717) is 29.1 Å². The molecule has 0 aliphatic rings. The molecule has 38 heavy (non-hydrogen) atoms. The molecule has 1 aromatic heterocycles. The minimum absolute atomic E-state index is 0.115. The Morgan fingerprint density at radius 1 is 0.921 bits per heavy atom. The van der Waals surface area contributed by atoms with Crippen LogP contribution in [0.3, 0.4) is 0 Å². The van der Waals surface area contributed by atoms with Crippen LogP contribution >= 0.6 is 0 Å². The zero-order valence-corrected chi connectivity index (χ0v) is 20.0. The fourth-order valence-electron chi connectivity index (χ4n) is 3.71. The number of pyridine rings is 1. The van der Waals surface area contributed by atoms with Gasteiger partial charge in [-0.3, -0.25) is 14.6 Å². The molecule has 192 valence electrons. The topological polar surface area (TPSA) is 62.3 Å². The van der Waals surface area contributed by atoms with Crippen LogP contribution in [0.1, 0.15) is 21.5 Å².